The second kappa shape index (κ2) is 6.45. The van der Waals surface area contributed by atoms with Crippen LogP contribution in [0, 0.1) is 12.3 Å². The molecular weight excluding hydrogens is 290 g/mol. The van der Waals surface area contributed by atoms with Gasteiger partial charge in [0, 0.05) is 6.42 Å². The zero-order valence-electron chi connectivity index (χ0n) is 10.2. The average molecular weight is 302 g/mol. The van der Waals surface area contributed by atoms with Gasteiger partial charge in [-0.05, 0) is 12.1 Å². The highest BCUT2D eigenvalue weighted by Crippen LogP contribution is 2.26. The molecule has 1 amide bonds. The van der Waals surface area contributed by atoms with Crippen molar-refractivity contribution in [2.45, 2.75) is 23.1 Å². The third-order valence-corrected chi connectivity index (χ3v) is 3.80. The number of amides is 1. The van der Waals surface area contributed by atoms with Crippen molar-refractivity contribution in [1.29, 1.82) is 0 Å². The molecule has 0 bridgehead atoms. The summed E-state index contributed by atoms with van der Waals surface area (Å²) in [6, 6.07) is 3.78. The Morgan fingerprint density at radius 1 is 1.40 bits per heavy atom. The molecule has 0 aliphatic heterocycles. The number of nitrogens with two attached hydrogens (primary N) is 1. The number of hydrogen-bond donors (Lipinski definition) is 2. The van der Waals surface area contributed by atoms with Gasteiger partial charge in [-0.2, -0.15) is 8.78 Å². The van der Waals surface area contributed by atoms with Gasteiger partial charge in [-0.15, -0.1) is 12.3 Å². The van der Waals surface area contributed by atoms with Gasteiger partial charge in [-0.3, -0.25) is 4.79 Å². The first-order valence-corrected chi connectivity index (χ1v) is 6.96. The van der Waals surface area contributed by atoms with Gasteiger partial charge in [0.05, 0.1) is 16.6 Å². The molecule has 108 valence electrons. The molecule has 0 aromatic heterocycles. The second-order valence-corrected chi connectivity index (χ2v) is 5.69. The molecule has 0 fully saturated rings. The molecule has 0 radical (unpaired) electrons. The second-order valence-electron chi connectivity index (χ2n) is 3.81. The van der Waals surface area contributed by atoms with Crippen molar-refractivity contribution in [2.24, 2.45) is 5.73 Å². The van der Waals surface area contributed by atoms with Crippen LogP contribution in [0.3, 0.4) is 0 Å². The summed E-state index contributed by atoms with van der Waals surface area (Å²) in [7, 11) is -4.82. The smallest absolute Gasteiger partial charge is 0.324 e. The lowest BCUT2D eigenvalue weighted by atomic mass is 10.2. The maximum Gasteiger partial charge on any atom is 0.341 e. The van der Waals surface area contributed by atoms with Crippen LogP contribution in [0.4, 0.5) is 14.5 Å². The zero-order chi connectivity index (χ0) is 15.3. The third-order valence-electron chi connectivity index (χ3n) is 2.36. The fourth-order valence-corrected chi connectivity index (χ4v) is 2.24. The summed E-state index contributed by atoms with van der Waals surface area (Å²) in [5.41, 5.74) is 5.18. The van der Waals surface area contributed by atoms with Crippen LogP contribution in [0.2, 0.25) is 0 Å². The number of rotatable bonds is 5. The standard InChI is InChI=1S/C12H12F2N2O3S/c1-2-5-8(15)11(17)16-9-6-3-4-7-10(9)20(18,19)12(13)14/h1,3-4,6-8,12H,5,15H2,(H,16,17). The Bertz CT molecular complexity index is 638. The largest absolute Gasteiger partial charge is 0.341 e. The maximum atomic E-state index is 12.5. The monoisotopic (exact) mass is 302 g/mol. The summed E-state index contributed by atoms with van der Waals surface area (Å²) in [4.78, 5) is 11.0. The van der Waals surface area contributed by atoms with Crippen molar-refractivity contribution < 1.29 is 22.0 Å². The van der Waals surface area contributed by atoms with Crippen LogP contribution in [0.15, 0.2) is 29.2 Å². The molecule has 1 atom stereocenters. The normalized spacial score (nSPS) is 12.8. The minimum Gasteiger partial charge on any atom is -0.324 e. The van der Waals surface area contributed by atoms with Gasteiger partial charge in [0.2, 0.25) is 15.7 Å². The van der Waals surface area contributed by atoms with E-state index in [4.69, 9.17) is 12.2 Å². The fourth-order valence-electron chi connectivity index (χ4n) is 1.36. The predicted molar refractivity (Wildman–Crippen MR) is 69.7 cm³/mol. The van der Waals surface area contributed by atoms with E-state index in [0.717, 1.165) is 6.07 Å². The Hall–Kier alpha value is -1.98. The summed E-state index contributed by atoms with van der Waals surface area (Å²) < 4.78 is 48.0. The minimum absolute atomic E-state index is 0.0599. The van der Waals surface area contributed by atoms with E-state index in [0.29, 0.717) is 0 Å². The van der Waals surface area contributed by atoms with E-state index in [1.807, 2.05) is 0 Å². The molecule has 0 spiro atoms. The number of nitrogens with one attached hydrogen (secondary N) is 1. The number of hydrogen-bond acceptors (Lipinski definition) is 4. The number of benzene rings is 1. The Labute approximate surface area is 115 Å². The van der Waals surface area contributed by atoms with Crippen LogP contribution in [0.25, 0.3) is 0 Å². The Morgan fingerprint density at radius 2 is 2.00 bits per heavy atom. The predicted octanol–water partition coefficient (Wildman–Crippen LogP) is 0.972. The molecule has 0 heterocycles. The van der Waals surface area contributed by atoms with Crippen LogP contribution in [-0.2, 0) is 14.6 Å². The molecule has 20 heavy (non-hydrogen) atoms. The molecule has 5 nitrogen and oxygen atoms in total. The number of anilines is 1. The summed E-state index contributed by atoms with van der Waals surface area (Å²) in [5.74, 6) is -2.16. The zero-order valence-corrected chi connectivity index (χ0v) is 11.0. The van der Waals surface area contributed by atoms with Crippen molar-refractivity contribution >= 4 is 21.4 Å². The molecule has 1 unspecified atom stereocenters. The van der Waals surface area contributed by atoms with Gasteiger partial charge in [-0.1, -0.05) is 12.1 Å². The summed E-state index contributed by atoms with van der Waals surface area (Å²) in [5, 5.41) is 2.18. The molecule has 0 saturated heterocycles. The van der Waals surface area contributed by atoms with E-state index in [2.05, 4.69) is 11.2 Å². The SMILES string of the molecule is C#CCC(N)C(=O)Nc1ccccc1S(=O)(=O)C(F)F. The van der Waals surface area contributed by atoms with Crippen molar-refractivity contribution in [3.8, 4) is 12.3 Å². The number of carbonyl (C=O) groups is 1. The molecule has 1 aromatic carbocycles. The lowest BCUT2D eigenvalue weighted by Crippen LogP contribution is -2.35. The van der Waals surface area contributed by atoms with Gasteiger partial charge in [0.1, 0.15) is 0 Å². The van der Waals surface area contributed by atoms with Crippen molar-refractivity contribution in [3.63, 3.8) is 0 Å². The molecule has 3 N–H and O–H groups in total. The van der Waals surface area contributed by atoms with Crippen LogP contribution in [0.5, 0.6) is 0 Å². The summed E-state index contributed by atoms with van der Waals surface area (Å²) >= 11 is 0. The van der Waals surface area contributed by atoms with Gasteiger partial charge >= 0.3 is 5.76 Å². The lowest BCUT2D eigenvalue weighted by molar-refractivity contribution is -0.117. The first kappa shape index (κ1) is 16.1. The fraction of sp³-hybridized carbons (Fsp3) is 0.250. The van der Waals surface area contributed by atoms with E-state index in [9.17, 15) is 22.0 Å². The van der Waals surface area contributed by atoms with E-state index in [1.54, 1.807) is 0 Å². The average Bonchev–Trinajstić information content (AvgIpc) is 2.39. The Kier molecular flexibility index (Phi) is 5.19. The van der Waals surface area contributed by atoms with E-state index in [1.165, 1.54) is 18.2 Å². The molecule has 0 aliphatic carbocycles. The highest BCUT2D eigenvalue weighted by molar-refractivity contribution is 7.91. The van der Waals surface area contributed by atoms with E-state index >= 15 is 0 Å². The quantitative estimate of drug-likeness (QED) is 0.793. The van der Waals surface area contributed by atoms with Crippen molar-refractivity contribution in [2.75, 3.05) is 5.32 Å². The number of sulfone groups is 1. The molecule has 0 aliphatic rings. The number of halogens is 2. The van der Waals surface area contributed by atoms with Crippen LogP contribution < -0.4 is 11.1 Å². The number of terminal acetylenes is 1. The number of para-hydroxylation sites is 1. The molecule has 0 saturated carbocycles. The first-order valence-electron chi connectivity index (χ1n) is 5.41. The minimum atomic E-state index is -4.82. The first-order chi connectivity index (χ1) is 9.30. The molecular formula is C12H12F2N2O3S. The van der Waals surface area contributed by atoms with Crippen molar-refractivity contribution in [3.05, 3.63) is 24.3 Å². The van der Waals surface area contributed by atoms with Gasteiger partial charge < -0.3 is 11.1 Å². The molecule has 1 aromatic rings. The maximum absolute atomic E-state index is 12.5. The van der Waals surface area contributed by atoms with Gasteiger partial charge in [0.15, 0.2) is 0 Å². The number of alkyl halides is 2. The third kappa shape index (κ3) is 3.53. The van der Waals surface area contributed by atoms with Crippen LogP contribution >= 0.6 is 0 Å². The molecule has 1 rings (SSSR count). The Balaban J connectivity index is 3.10. The van der Waals surface area contributed by atoms with Crippen LogP contribution in [0.1, 0.15) is 6.42 Å². The lowest BCUT2D eigenvalue weighted by Gasteiger charge is -2.13. The van der Waals surface area contributed by atoms with Gasteiger partial charge in [-0.25, -0.2) is 8.42 Å². The van der Waals surface area contributed by atoms with Crippen molar-refractivity contribution in [1.82, 2.24) is 0 Å². The highest BCUT2D eigenvalue weighted by atomic mass is 32.2. The number of carbonyl (C=O) groups excluding carboxylic acids is 1. The summed E-state index contributed by atoms with van der Waals surface area (Å²) in [6.07, 6.45) is 4.93. The van der Waals surface area contributed by atoms with E-state index in [-0.39, 0.29) is 12.1 Å². The Morgan fingerprint density at radius 3 is 2.55 bits per heavy atom. The summed E-state index contributed by atoms with van der Waals surface area (Å²) in [6.45, 7) is 0. The van der Waals surface area contributed by atoms with E-state index < -0.39 is 32.4 Å². The van der Waals surface area contributed by atoms with Crippen LogP contribution in [-0.4, -0.2) is 26.1 Å². The topological polar surface area (TPSA) is 89.3 Å². The van der Waals surface area contributed by atoms with Gasteiger partial charge in [0.25, 0.3) is 0 Å². The highest BCUT2D eigenvalue weighted by Gasteiger charge is 2.29. The molecule has 8 heteroatoms.